The van der Waals surface area contributed by atoms with E-state index in [9.17, 15) is 9.59 Å². The van der Waals surface area contributed by atoms with Crippen molar-refractivity contribution in [3.63, 3.8) is 0 Å². The van der Waals surface area contributed by atoms with Crippen LogP contribution in [0.2, 0.25) is 0 Å². The maximum atomic E-state index is 12.3. The van der Waals surface area contributed by atoms with Gasteiger partial charge in [0.1, 0.15) is 5.82 Å². The quantitative estimate of drug-likeness (QED) is 0.116. The van der Waals surface area contributed by atoms with Gasteiger partial charge in [-0.15, -0.1) is 0 Å². The Balaban J connectivity index is 1.74. The molecule has 0 aliphatic carbocycles. The lowest BCUT2D eigenvalue weighted by Crippen LogP contribution is -2.41. The van der Waals surface area contributed by atoms with Gasteiger partial charge in [-0.05, 0) is 61.7 Å². The number of nitrogen functional groups attached to an aromatic ring is 2. The molecule has 1 aromatic heterocycles. The van der Waals surface area contributed by atoms with Gasteiger partial charge in [0, 0.05) is 11.4 Å². The summed E-state index contributed by atoms with van der Waals surface area (Å²) in [6, 6.07) is 7.73. The number of aliphatic imine (C=N–C) groups is 1. The fraction of sp³-hybridized carbons (Fsp3) is 0.409. The van der Waals surface area contributed by atoms with Crippen molar-refractivity contribution in [1.82, 2.24) is 20.0 Å². The van der Waals surface area contributed by atoms with Gasteiger partial charge in [-0.2, -0.15) is 0 Å². The van der Waals surface area contributed by atoms with E-state index in [0.717, 1.165) is 24.2 Å². The Morgan fingerprint density at radius 2 is 1.74 bits per heavy atom. The zero-order valence-corrected chi connectivity index (χ0v) is 20.5. The highest BCUT2D eigenvalue weighted by Gasteiger charge is 2.19. The van der Waals surface area contributed by atoms with Crippen LogP contribution >= 0.6 is 11.9 Å². The maximum absolute atomic E-state index is 12.3. The summed E-state index contributed by atoms with van der Waals surface area (Å²) in [6.07, 6.45) is 2.58. The van der Waals surface area contributed by atoms with Crippen molar-refractivity contribution in [2.45, 2.75) is 51.0 Å². The molecule has 2 aromatic rings. The number of nitrogens with zero attached hydrogens (tertiary/aromatic N) is 3. The van der Waals surface area contributed by atoms with Crippen LogP contribution in [0.1, 0.15) is 48.4 Å². The number of aromatic nitrogens is 2. The minimum atomic E-state index is -0.586. The summed E-state index contributed by atoms with van der Waals surface area (Å²) < 4.78 is 3.12. The number of hydrogen-bond donors (Lipinski definition) is 6. The van der Waals surface area contributed by atoms with Gasteiger partial charge in [0.15, 0.2) is 17.5 Å². The van der Waals surface area contributed by atoms with Crippen LogP contribution in [0.3, 0.4) is 0 Å². The first-order chi connectivity index (χ1) is 16.1. The number of carbonyl (C=O) groups excluding carboxylic acids is 2. The van der Waals surface area contributed by atoms with Crippen molar-refractivity contribution >= 4 is 41.4 Å². The molecule has 184 valence electrons. The van der Waals surface area contributed by atoms with Crippen LogP contribution in [0.4, 0.5) is 11.6 Å². The van der Waals surface area contributed by atoms with Gasteiger partial charge in [0.05, 0.1) is 11.7 Å². The van der Waals surface area contributed by atoms with Crippen molar-refractivity contribution in [2.75, 3.05) is 18.0 Å². The summed E-state index contributed by atoms with van der Waals surface area (Å²) in [6.45, 7) is 5.99. The molecular weight excluding hydrogens is 454 g/mol. The van der Waals surface area contributed by atoms with Gasteiger partial charge >= 0.3 is 0 Å². The number of amides is 2. The summed E-state index contributed by atoms with van der Waals surface area (Å²) in [4.78, 5) is 36.9. The molecule has 0 radical (unpaired) electrons. The van der Waals surface area contributed by atoms with Gasteiger partial charge in [0.25, 0.3) is 5.91 Å². The molecule has 11 nitrogen and oxygen atoms in total. The minimum absolute atomic E-state index is 0.00906. The molecule has 1 aromatic carbocycles. The molecule has 0 fully saturated rings. The molecule has 0 saturated carbocycles. The Hall–Kier alpha value is -3.38. The SMILES string of the molecule is Cc1nc(C(=O)NC(N)=NCCCCc2ccc(SNC(C(N)=O)C(C)C)cc2)c(N)nc1N. The van der Waals surface area contributed by atoms with Crippen LogP contribution in [-0.2, 0) is 11.2 Å². The lowest BCUT2D eigenvalue weighted by Gasteiger charge is -2.18. The highest BCUT2D eigenvalue weighted by Crippen LogP contribution is 2.18. The fourth-order valence-corrected chi connectivity index (χ4v) is 3.87. The standard InChI is InChI=1S/C22H33N9O2S/c1-12(2)16(20(25)32)31-34-15-9-7-14(8-10-15)6-4-5-11-27-22(26)30-21(33)17-19(24)29-18(23)13(3)28-17/h7-10,12,16,31H,4-6,11H2,1-3H3,(H2,25,32)(H4,23,24,29)(H3,26,27,30,33). The lowest BCUT2D eigenvalue weighted by atomic mass is 10.1. The van der Waals surface area contributed by atoms with Crippen LogP contribution in [0.5, 0.6) is 0 Å². The number of rotatable bonds is 11. The average molecular weight is 488 g/mol. The maximum Gasteiger partial charge on any atom is 0.280 e. The largest absolute Gasteiger partial charge is 0.382 e. The summed E-state index contributed by atoms with van der Waals surface area (Å²) in [5.74, 6) is -0.740. The zero-order chi connectivity index (χ0) is 25.3. The third kappa shape index (κ3) is 8.19. The predicted molar refractivity (Wildman–Crippen MR) is 136 cm³/mol. The van der Waals surface area contributed by atoms with Gasteiger partial charge in [0.2, 0.25) is 5.91 Å². The van der Waals surface area contributed by atoms with Crippen LogP contribution in [0.15, 0.2) is 34.2 Å². The van der Waals surface area contributed by atoms with Crippen molar-refractivity contribution in [3.05, 3.63) is 41.2 Å². The lowest BCUT2D eigenvalue weighted by molar-refractivity contribution is -0.120. The minimum Gasteiger partial charge on any atom is -0.382 e. The predicted octanol–water partition coefficient (Wildman–Crippen LogP) is 1.12. The summed E-state index contributed by atoms with van der Waals surface area (Å²) in [5.41, 5.74) is 24.1. The highest BCUT2D eigenvalue weighted by atomic mass is 32.2. The number of anilines is 2. The fourth-order valence-electron chi connectivity index (χ4n) is 2.95. The second-order valence-corrected chi connectivity index (χ2v) is 9.01. The number of carbonyl (C=O) groups is 2. The van der Waals surface area contributed by atoms with Crippen LogP contribution in [-0.4, -0.2) is 40.3 Å². The molecule has 0 aliphatic rings. The van der Waals surface area contributed by atoms with Crippen molar-refractivity contribution in [1.29, 1.82) is 0 Å². The van der Waals surface area contributed by atoms with E-state index < -0.39 is 5.91 Å². The van der Waals surface area contributed by atoms with Crippen LogP contribution < -0.4 is 33.0 Å². The van der Waals surface area contributed by atoms with Gasteiger partial charge in [-0.3, -0.25) is 19.9 Å². The smallest absolute Gasteiger partial charge is 0.280 e. The zero-order valence-electron chi connectivity index (χ0n) is 19.7. The molecule has 0 saturated heterocycles. The number of nitrogens with two attached hydrogens (primary N) is 4. The Morgan fingerprint density at radius 1 is 1.06 bits per heavy atom. The molecule has 0 bridgehead atoms. The van der Waals surface area contributed by atoms with E-state index in [1.165, 1.54) is 17.5 Å². The van der Waals surface area contributed by atoms with Crippen molar-refractivity contribution < 1.29 is 9.59 Å². The first-order valence-electron chi connectivity index (χ1n) is 10.9. The molecule has 10 N–H and O–H groups in total. The molecule has 2 amide bonds. The first kappa shape index (κ1) is 26.9. The molecular formula is C22H33N9O2S. The van der Waals surface area contributed by atoms with Gasteiger partial charge in [-0.1, -0.05) is 26.0 Å². The highest BCUT2D eigenvalue weighted by molar-refractivity contribution is 7.97. The van der Waals surface area contributed by atoms with E-state index in [1.807, 2.05) is 26.0 Å². The van der Waals surface area contributed by atoms with Crippen molar-refractivity contribution in [3.8, 4) is 0 Å². The third-order valence-corrected chi connectivity index (χ3v) is 5.83. The number of primary amides is 1. The number of aryl methyl sites for hydroxylation is 2. The summed E-state index contributed by atoms with van der Waals surface area (Å²) >= 11 is 1.40. The Morgan fingerprint density at radius 3 is 2.35 bits per heavy atom. The van der Waals surface area contributed by atoms with E-state index >= 15 is 0 Å². The van der Waals surface area contributed by atoms with Gasteiger partial charge < -0.3 is 22.9 Å². The normalized spacial score (nSPS) is 12.5. The number of unbranched alkanes of at least 4 members (excludes halogenated alkanes) is 1. The Kier molecular flexibility index (Phi) is 10.1. The van der Waals surface area contributed by atoms with E-state index in [2.05, 4.69) is 37.1 Å². The Labute approximate surface area is 203 Å². The molecule has 1 atom stereocenters. The monoisotopic (exact) mass is 487 g/mol. The van der Waals surface area contributed by atoms with Gasteiger partial charge in [-0.25, -0.2) is 14.7 Å². The third-order valence-electron chi connectivity index (χ3n) is 4.95. The number of benzene rings is 1. The van der Waals surface area contributed by atoms with Crippen LogP contribution in [0, 0.1) is 12.8 Å². The molecule has 0 aliphatic heterocycles. The number of nitrogens with one attached hydrogen (secondary N) is 2. The van der Waals surface area contributed by atoms with E-state index in [1.54, 1.807) is 6.92 Å². The van der Waals surface area contributed by atoms with Crippen LogP contribution in [0.25, 0.3) is 0 Å². The molecule has 1 unspecified atom stereocenters. The second-order valence-electron chi connectivity index (χ2n) is 8.09. The molecule has 1 heterocycles. The topological polar surface area (TPSA) is 200 Å². The molecule has 12 heteroatoms. The molecule has 0 spiro atoms. The summed E-state index contributed by atoms with van der Waals surface area (Å²) in [5, 5.41) is 2.46. The average Bonchev–Trinajstić information content (AvgIpc) is 2.76. The van der Waals surface area contributed by atoms with E-state index in [4.69, 9.17) is 22.9 Å². The number of hydrogen-bond acceptors (Lipinski definition) is 9. The molecule has 34 heavy (non-hydrogen) atoms. The first-order valence-corrected chi connectivity index (χ1v) is 11.7. The van der Waals surface area contributed by atoms with E-state index in [0.29, 0.717) is 12.2 Å². The molecule has 2 rings (SSSR count). The number of guanidine groups is 1. The second kappa shape index (κ2) is 12.8. The Bertz CT molecular complexity index is 1030. The van der Waals surface area contributed by atoms with Crippen molar-refractivity contribution in [2.24, 2.45) is 22.4 Å². The van der Waals surface area contributed by atoms with E-state index in [-0.39, 0.29) is 41.2 Å². The summed E-state index contributed by atoms with van der Waals surface area (Å²) in [7, 11) is 0.